The van der Waals surface area contributed by atoms with Crippen LogP contribution in [0, 0.1) is 25.7 Å². The molecule has 1 saturated heterocycles. The Bertz CT molecular complexity index is 426. The number of hydrogen-bond donors (Lipinski definition) is 1. The van der Waals surface area contributed by atoms with Crippen molar-refractivity contribution in [2.45, 2.75) is 40.0 Å². The second kappa shape index (κ2) is 6.33. The lowest BCUT2D eigenvalue weighted by molar-refractivity contribution is 0.0943. The Morgan fingerprint density at radius 3 is 2.58 bits per heavy atom. The lowest BCUT2D eigenvalue weighted by Gasteiger charge is -2.28. The number of benzene rings is 1. The van der Waals surface area contributed by atoms with E-state index in [1.54, 1.807) is 0 Å². The molecule has 0 saturated carbocycles. The average Bonchev–Trinajstić information content (AvgIpc) is 2.38. The third-order valence-electron chi connectivity index (χ3n) is 4.19. The Morgan fingerprint density at radius 1 is 1.32 bits per heavy atom. The van der Waals surface area contributed by atoms with E-state index in [9.17, 15) is 4.79 Å². The molecule has 2 rings (SSSR count). The van der Waals surface area contributed by atoms with Gasteiger partial charge in [0.15, 0.2) is 5.78 Å². The molecule has 1 aliphatic heterocycles. The SMILES string of the molecule is Cc1cc(C)cc(C(=O)CC(C)C2CCCNC2)c1. The van der Waals surface area contributed by atoms with Crippen molar-refractivity contribution in [2.24, 2.45) is 11.8 Å². The lowest BCUT2D eigenvalue weighted by Crippen LogP contribution is -2.34. The van der Waals surface area contributed by atoms with Crippen molar-refractivity contribution in [3.05, 3.63) is 34.9 Å². The smallest absolute Gasteiger partial charge is 0.163 e. The molecule has 1 aromatic carbocycles. The van der Waals surface area contributed by atoms with Crippen molar-refractivity contribution in [2.75, 3.05) is 13.1 Å². The van der Waals surface area contributed by atoms with E-state index in [2.05, 4.69) is 32.2 Å². The van der Waals surface area contributed by atoms with Gasteiger partial charge in [-0.25, -0.2) is 0 Å². The molecule has 2 nitrogen and oxygen atoms in total. The summed E-state index contributed by atoms with van der Waals surface area (Å²) in [4.78, 5) is 12.4. The number of Topliss-reactive ketones (excluding diaryl/α,β-unsaturated/α-hetero) is 1. The summed E-state index contributed by atoms with van der Waals surface area (Å²) in [5.74, 6) is 1.43. The van der Waals surface area contributed by atoms with Gasteiger partial charge in [0, 0.05) is 12.0 Å². The van der Waals surface area contributed by atoms with E-state index in [1.165, 1.54) is 24.0 Å². The van der Waals surface area contributed by atoms with E-state index in [4.69, 9.17) is 0 Å². The van der Waals surface area contributed by atoms with Gasteiger partial charge in [-0.3, -0.25) is 4.79 Å². The number of carbonyl (C=O) groups excluding carboxylic acids is 1. The maximum Gasteiger partial charge on any atom is 0.163 e. The first-order valence-electron chi connectivity index (χ1n) is 7.38. The minimum atomic E-state index is 0.296. The molecule has 19 heavy (non-hydrogen) atoms. The third kappa shape index (κ3) is 3.90. The molecule has 1 aliphatic rings. The van der Waals surface area contributed by atoms with Gasteiger partial charge in [0.1, 0.15) is 0 Å². The van der Waals surface area contributed by atoms with Gasteiger partial charge in [0.25, 0.3) is 0 Å². The Morgan fingerprint density at radius 2 is 2.00 bits per heavy atom. The van der Waals surface area contributed by atoms with E-state index in [0.29, 0.717) is 24.0 Å². The zero-order chi connectivity index (χ0) is 13.8. The van der Waals surface area contributed by atoms with Crippen LogP contribution in [0.3, 0.4) is 0 Å². The maximum atomic E-state index is 12.4. The number of nitrogens with one attached hydrogen (secondary N) is 1. The summed E-state index contributed by atoms with van der Waals surface area (Å²) in [5, 5.41) is 3.44. The quantitative estimate of drug-likeness (QED) is 0.838. The summed E-state index contributed by atoms with van der Waals surface area (Å²) in [6.07, 6.45) is 3.18. The van der Waals surface area contributed by atoms with Crippen molar-refractivity contribution in [3.63, 3.8) is 0 Å². The fraction of sp³-hybridized carbons (Fsp3) is 0.588. The van der Waals surface area contributed by atoms with Crippen LogP contribution in [0.2, 0.25) is 0 Å². The van der Waals surface area contributed by atoms with Crippen molar-refractivity contribution in [1.29, 1.82) is 0 Å². The molecule has 0 amide bonds. The maximum absolute atomic E-state index is 12.4. The number of piperidine rings is 1. The van der Waals surface area contributed by atoms with Crippen LogP contribution in [0.1, 0.15) is 47.7 Å². The number of rotatable bonds is 4. The molecule has 0 aromatic heterocycles. The first-order chi connectivity index (χ1) is 9.06. The van der Waals surface area contributed by atoms with E-state index in [-0.39, 0.29) is 0 Å². The molecule has 1 aromatic rings. The number of aryl methyl sites for hydroxylation is 2. The molecule has 0 spiro atoms. The van der Waals surface area contributed by atoms with Gasteiger partial charge in [-0.05, 0) is 63.7 Å². The second-order valence-corrected chi connectivity index (χ2v) is 6.09. The molecule has 2 atom stereocenters. The predicted octanol–water partition coefficient (Wildman–Crippen LogP) is 3.51. The van der Waals surface area contributed by atoms with Crippen molar-refractivity contribution < 1.29 is 4.79 Å². The molecule has 0 radical (unpaired) electrons. The standard InChI is InChI=1S/C17H25NO/c1-12-7-13(2)9-16(8-12)17(19)10-14(3)15-5-4-6-18-11-15/h7-9,14-15,18H,4-6,10-11H2,1-3H3. The summed E-state index contributed by atoms with van der Waals surface area (Å²) >= 11 is 0. The summed E-state index contributed by atoms with van der Waals surface area (Å²) in [6.45, 7) is 8.53. The molecule has 0 bridgehead atoms. The fourth-order valence-electron chi connectivity index (χ4n) is 3.08. The van der Waals surface area contributed by atoms with Crippen LogP contribution in [0.4, 0.5) is 0 Å². The largest absolute Gasteiger partial charge is 0.316 e. The van der Waals surface area contributed by atoms with Gasteiger partial charge in [0.2, 0.25) is 0 Å². The van der Waals surface area contributed by atoms with E-state index < -0.39 is 0 Å². The highest BCUT2D eigenvalue weighted by molar-refractivity contribution is 5.96. The molecule has 1 fully saturated rings. The minimum absolute atomic E-state index is 0.296. The second-order valence-electron chi connectivity index (χ2n) is 6.09. The topological polar surface area (TPSA) is 29.1 Å². The number of carbonyl (C=O) groups is 1. The van der Waals surface area contributed by atoms with Gasteiger partial charge in [0.05, 0.1) is 0 Å². The predicted molar refractivity (Wildman–Crippen MR) is 79.6 cm³/mol. The highest BCUT2D eigenvalue weighted by atomic mass is 16.1. The monoisotopic (exact) mass is 259 g/mol. The first kappa shape index (κ1) is 14.3. The Hall–Kier alpha value is -1.15. The van der Waals surface area contributed by atoms with Crippen LogP contribution in [0.5, 0.6) is 0 Å². The molecule has 2 heteroatoms. The van der Waals surface area contributed by atoms with Crippen LogP contribution in [0.15, 0.2) is 18.2 Å². The first-order valence-corrected chi connectivity index (χ1v) is 7.38. The van der Waals surface area contributed by atoms with Crippen LogP contribution < -0.4 is 5.32 Å². The lowest BCUT2D eigenvalue weighted by atomic mass is 9.83. The van der Waals surface area contributed by atoms with Crippen LogP contribution in [0.25, 0.3) is 0 Å². The normalized spacial score (nSPS) is 21.1. The number of ketones is 1. The summed E-state index contributed by atoms with van der Waals surface area (Å²) < 4.78 is 0. The van der Waals surface area contributed by atoms with Gasteiger partial charge < -0.3 is 5.32 Å². The molecule has 0 aliphatic carbocycles. The average molecular weight is 259 g/mol. The Kier molecular flexibility index (Phi) is 4.76. The van der Waals surface area contributed by atoms with Crippen LogP contribution in [-0.2, 0) is 0 Å². The highest BCUT2D eigenvalue weighted by Gasteiger charge is 2.22. The van der Waals surface area contributed by atoms with Gasteiger partial charge in [-0.15, -0.1) is 0 Å². The Labute approximate surface area is 116 Å². The molecule has 104 valence electrons. The summed E-state index contributed by atoms with van der Waals surface area (Å²) in [5.41, 5.74) is 3.23. The molecule has 2 unspecified atom stereocenters. The van der Waals surface area contributed by atoms with E-state index in [1.807, 2.05) is 12.1 Å². The highest BCUT2D eigenvalue weighted by Crippen LogP contribution is 2.24. The Balaban J connectivity index is 1.99. The zero-order valence-corrected chi connectivity index (χ0v) is 12.3. The zero-order valence-electron chi connectivity index (χ0n) is 12.3. The van der Waals surface area contributed by atoms with E-state index >= 15 is 0 Å². The van der Waals surface area contributed by atoms with Crippen molar-refractivity contribution in [3.8, 4) is 0 Å². The fourth-order valence-corrected chi connectivity index (χ4v) is 3.08. The molecule has 1 heterocycles. The molecular formula is C17H25NO. The summed E-state index contributed by atoms with van der Waals surface area (Å²) in [6, 6.07) is 6.15. The minimum Gasteiger partial charge on any atom is -0.316 e. The van der Waals surface area contributed by atoms with Crippen molar-refractivity contribution >= 4 is 5.78 Å². The van der Waals surface area contributed by atoms with Crippen molar-refractivity contribution in [1.82, 2.24) is 5.32 Å². The van der Waals surface area contributed by atoms with Crippen LogP contribution in [-0.4, -0.2) is 18.9 Å². The molecular weight excluding hydrogens is 234 g/mol. The van der Waals surface area contributed by atoms with Crippen LogP contribution >= 0.6 is 0 Å². The summed E-state index contributed by atoms with van der Waals surface area (Å²) in [7, 11) is 0. The van der Waals surface area contributed by atoms with Gasteiger partial charge >= 0.3 is 0 Å². The van der Waals surface area contributed by atoms with Gasteiger partial charge in [-0.2, -0.15) is 0 Å². The van der Waals surface area contributed by atoms with Gasteiger partial charge in [-0.1, -0.05) is 24.1 Å². The number of hydrogen-bond acceptors (Lipinski definition) is 2. The third-order valence-corrected chi connectivity index (χ3v) is 4.19. The van der Waals surface area contributed by atoms with E-state index in [0.717, 1.165) is 18.7 Å². The molecule has 1 N–H and O–H groups in total.